The van der Waals surface area contributed by atoms with Crippen LogP contribution in [0.15, 0.2) is 35.1 Å². The Bertz CT molecular complexity index is 1040. The zero-order chi connectivity index (χ0) is 24.6. The van der Waals surface area contributed by atoms with Crippen LogP contribution in [-0.4, -0.2) is 78.0 Å². The van der Waals surface area contributed by atoms with Gasteiger partial charge in [0.25, 0.3) is 5.56 Å². The standard InChI is InChI=1S/C26H37FN6O2/c1-2-3-4-10-25(35)32-11-7-12-33(18-17-32)26-28-21(19-24(34)29-26)20-30-13-15-31(16-14-30)23-9-6-5-8-22(23)27/h5-6,8-9,19H,2-4,7,10-18,20H2,1H3,(H,28,29,34). The van der Waals surface area contributed by atoms with Crippen molar-refractivity contribution in [2.75, 3.05) is 62.2 Å². The summed E-state index contributed by atoms with van der Waals surface area (Å²) in [7, 11) is 0. The summed E-state index contributed by atoms with van der Waals surface area (Å²) >= 11 is 0. The van der Waals surface area contributed by atoms with Crippen molar-refractivity contribution in [2.24, 2.45) is 0 Å². The van der Waals surface area contributed by atoms with Crippen molar-refractivity contribution in [2.45, 2.75) is 45.6 Å². The van der Waals surface area contributed by atoms with Crippen LogP contribution >= 0.6 is 0 Å². The number of amides is 1. The first kappa shape index (κ1) is 25.2. The molecule has 2 saturated heterocycles. The number of rotatable bonds is 8. The Kier molecular flexibility index (Phi) is 8.74. The number of anilines is 2. The molecular formula is C26H37FN6O2. The molecule has 0 atom stereocenters. The number of para-hydroxylation sites is 1. The van der Waals surface area contributed by atoms with Gasteiger partial charge in [0.15, 0.2) is 0 Å². The lowest BCUT2D eigenvalue weighted by Crippen LogP contribution is -2.46. The van der Waals surface area contributed by atoms with E-state index in [0.29, 0.717) is 37.7 Å². The third kappa shape index (κ3) is 6.81. The minimum Gasteiger partial charge on any atom is -0.367 e. The molecule has 2 aliphatic heterocycles. The molecular weight excluding hydrogens is 447 g/mol. The maximum Gasteiger partial charge on any atom is 0.252 e. The van der Waals surface area contributed by atoms with Gasteiger partial charge in [0.1, 0.15) is 5.82 Å². The van der Waals surface area contributed by atoms with Gasteiger partial charge in [0.2, 0.25) is 11.9 Å². The summed E-state index contributed by atoms with van der Waals surface area (Å²) < 4.78 is 14.1. The minimum atomic E-state index is -0.194. The van der Waals surface area contributed by atoms with Crippen LogP contribution in [0.2, 0.25) is 0 Å². The third-order valence-electron chi connectivity index (χ3n) is 6.88. The number of piperazine rings is 1. The third-order valence-corrected chi connectivity index (χ3v) is 6.88. The number of hydrogen-bond donors (Lipinski definition) is 1. The predicted octanol–water partition coefficient (Wildman–Crippen LogP) is 2.85. The summed E-state index contributed by atoms with van der Waals surface area (Å²) in [5.74, 6) is 0.614. The summed E-state index contributed by atoms with van der Waals surface area (Å²) in [6.07, 6.45) is 4.61. The number of aromatic amines is 1. The lowest BCUT2D eigenvalue weighted by Gasteiger charge is -2.36. The first-order chi connectivity index (χ1) is 17.0. The van der Waals surface area contributed by atoms with Crippen LogP contribution in [-0.2, 0) is 11.3 Å². The zero-order valence-corrected chi connectivity index (χ0v) is 20.7. The number of halogens is 1. The van der Waals surface area contributed by atoms with Crippen molar-refractivity contribution in [3.8, 4) is 0 Å². The van der Waals surface area contributed by atoms with E-state index in [1.165, 1.54) is 6.07 Å². The van der Waals surface area contributed by atoms with Crippen molar-refractivity contribution in [3.05, 3.63) is 52.2 Å². The lowest BCUT2D eigenvalue weighted by atomic mass is 10.2. The summed E-state index contributed by atoms with van der Waals surface area (Å²) in [5.41, 5.74) is 1.22. The molecule has 0 aliphatic carbocycles. The molecule has 3 heterocycles. The summed E-state index contributed by atoms with van der Waals surface area (Å²) in [6, 6.07) is 8.44. The molecule has 8 nitrogen and oxygen atoms in total. The van der Waals surface area contributed by atoms with E-state index in [9.17, 15) is 14.0 Å². The fraction of sp³-hybridized carbons (Fsp3) is 0.577. The van der Waals surface area contributed by atoms with Crippen LogP contribution in [0.5, 0.6) is 0 Å². The maximum atomic E-state index is 14.1. The fourth-order valence-corrected chi connectivity index (χ4v) is 4.87. The smallest absolute Gasteiger partial charge is 0.252 e. The molecule has 0 bridgehead atoms. The Labute approximate surface area is 206 Å². The molecule has 0 radical (unpaired) electrons. The Morgan fingerprint density at radius 2 is 1.77 bits per heavy atom. The molecule has 0 spiro atoms. The van der Waals surface area contributed by atoms with Crippen molar-refractivity contribution < 1.29 is 9.18 Å². The fourth-order valence-electron chi connectivity index (χ4n) is 4.87. The SMILES string of the molecule is CCCCCC(=O)N1CCCN(c2nc(CN3CCN(c4ccccc4F)CC3)cc(=O)[nH]2)CC1. The number of nitrogens with zero attached hydrogens (tertiary/aromatic N) is 5. The second kappa shape index (κ2) is 12.2. The van der Waals surface area contributed by atoms with E-state index in [1.54, 1.807) is 12.1 Å². The number of nitrogens with one attached hydrogen (secondary N) is 1. The van der Waals surface area contributed by atoms with E-state index >= 15 is 0 Å². The number of hydrogen-bond acceptors (Lipinski definition) is 6. The van der Waals surface area contributed by atoms with Gasteiger partial charge in [0, 0.05) is 71.4 Å². The van der Waals surface area contributed by atoms with Gasteiger partial charge in [-0.05, 0) is 25.0 Å². The van der Waals surface area contributed by atoms with Gasteiger partial charge in [-0.1, -0.05) is 31.9 Å². The van der Waals surface area contributed by atoms with E-state index in [0.717, 1.165) is 70.6 Å². The number of aromatic nitrogens is 2. The normalized spacial score (nSPS) is 17.5. The van der Waals surface area contributed by atoms with E-state index in [-0.39, 0.29) is 17.3 Å². The summed E-state index contributed by atoms with van der Waals surface area (Å²) in [5, 5.41) is 0. The average molecular weight is 485 g/mol. The van der Waals surface area contributed by atoms with Crippen molar-refractivity contribution in [1.29, 1.82) is 0 Å². The highest BCUT2D eigenvalue weighted by Crippen LogP contribution is 2.21. The van der Waals surface area contributed by atoms with E-state index in [1.807, 2.05) is 17.0 Å². The molecule has 0 saturated carbocycles. The molecule has 190 valence electrons. The Morgan fingerprint density at radius 3 is 2.54 bits per heavy atom. The maximum absolute atomic E-state index is 14.1. The largest absolute Gasteiger partial charge is 0.367 e. The number of H-pyrrole nitrogens is 1. The van der Waals surface area contributed by atoms with Crippen LogP contribution in [0.4, 0.5) is 16.0 Å². The number of benzene rings is 1. The van der Waals surface area contributed by atoms with Crippen LogP contribution in [0, 0.1) is 5.82 Å². The lowest BCUT2D eigenvalue weighted by molar-refractivity contribution is -0.131. The van der Waals surface area contributed by atoms with E-state index in [4.69, 9.17) is 4.98 Å². The molecule has 35 heavy (non-hydrogen) atoms. The monoisotopic (exact) mass is 484 g/mol. The zero-order valence-electron chi connectivity index (χ0n) is 20.7. The number of carbonyl (C=O) groups excluding carboxylic acids is 1. The van der Waals surface area contributed by atoms with Gasteiger partial charge < -0.3 is 14.7 Å². The molecule has 0 unspecified atom stereocenters. The van der Waals surface area contributed by atoms with Gasteiger partial charge in [-0.15, -0.1) is 0 Å². The molecule has 1 amide bonds. The average Bonchev–Trinajstić information content (AvgIpc) is 3.11. The van der Waals surface area contributed by atoms with Gasteiger partial charge in [-0.2, -0.15) is 0 Å². The number of carbonyl (C=O) groups is 1. The molecule has 2 aliphatic rings. The molecule has 9 heteroatoms. The van der Waals surface area contributed by atoms with Gasteiger partial charge >= 0.3 is 0 Å². The Morgan fingerprint density at radius 1 is 1.00 bits per heavy atom. The van der Waals surface area contributed by atoms with E-state index in [2.05, 4.69) is 26.6 Å². The van der Waals surface area contributed by atoms with Crippen LogP contribution in [0.3, 0.4) is 0 Å². The molecule has 1 aromatic carbocycles. The van der Waals surface area contributed by atoms with Crippen LogP contribution in [0.25, 0.3) is 0 Å². The quantitative estimate of drug-likeness (QED) is 0.581. The van der Waals surface area contributed by atoms with Crippen molar-refractivity contribution in [1.82, 2.24) is 19.8 Å². The van der Waals surface area contributed by atoms with Crippen molar-refractivity contribution >= 4 is 17.5 Å². The second-order valence-corrected chi connectivity index (χ2v) is 9.45. The van der Waals surface area contributed by atoms with Gasteiger partial charge in [-0.3, -0.25) is 19.5 Å². The number of unbranched alkanes of at least 4 members (excludes halogenated alkanes) is 2. The predicted molar refractivity (Wildman–Crippen MR) is 136 cm³/mol. The molecule has 2 fully saturated rings. The highest BCUT2D eigenvalue weighted by molar-refractivity contribution is 5.76. The topological polar surface area (TPSA) is 75.8 Å². The molecule has 4 rings (SSSR count). The van der Waals surface area contributed by atoms with Crippen LogP contribution in [0.1, 0.15) is 44.7 Å². The van der Waals surface area contributed by atoms with Gasteiger partial charge in [0.05, 0.1) is 11.4 Å². The van der Waals surface area contributed by atoms with Gasteiger partial charge in [-0.25, -0.2) is 9.37 Å². The summed E-state index contributed by atoms with van der Waals surface area (Å²) in [6.45, 7) is 8.54. The molecule has 1 N–H and O–H groups in total. The first-order valence-electron chi connectivity index (χ1n) is 12.9. The summed E-state index contributed by atoms with van der Waals surface area (Å²) in [4.78, 5) is 41.0. The molecule has 2 aromatic rings. The van der Waals surface area contributed by atoms with E-state index < -0.39 is 0 Å². The van der Waals surface area contributed by atoms with Crippen molar-refractivity contribution in [3.63, 3.8) is 0 Å². The Balaban J connectivity index is 1.33. The highest BCUT2D eigenvalue weighted by atomic mass is 19.1. The first-order valence-corrected chi connectivity index (χ1v) is 12.9. The second-order valence-electron chi connectivity index (χ2n) is 9.45. The highest BCUT2D eigenvalue weighted by Gasteiger charge is 2.22. The van der Waals surface area contributed by atoms with Crippen LogP contribution < -0.4 is 15.4 Å². The Hall–Kier alpha value is -2.94. The molecule has 1 aromatic heterocycles. The minimum absolute atomic E-state index is 0.160.